The van der Waals surface area contributed by atoms with Crippen molar-refractivity contribution in [3.05, 3.63) is 0 Å². The molecule has 1 aliphatic heterocycles. The van der Waals surface area contributed by atoms with Gasteiger partial charge in [0.25, 0.3) is 0 Å². The zero-order valence-electron chi connectivity index (χ0n) is 5.52. The Morgan fingerprint density at radius 3 is 2.80 bits per heavy atom. The molecular weight excluding hydrogens is 356 g/mol. The Morgan fingerprint density at radius 2 is 2.40 bits per heavy atom. The summed E-state index contributed by atoms with van der Waals surface area (Å²) in [4.78, 5) is 11.1. The monoisotopic (exact) mass is 365 g/mol. The number of alkyl halides is 1. The molecule has 0 aromatic carbocycles. The highest BCUT2D eigenvalue weighted by atomic mass is 127. The van der Waals surface area contributed by atoms with Gasteiger partial charge in [-0.1, -0.05) is 22.6 Å². The standard InChI is InChI=1S/C6H9I2NO/c7-3-6(10)5-1-2-9(8)4-5/h5H,1-4H2/t5-/m0/s1. The van der Waals surface area contributed by atoms with Gasteiger partial charge in [0.05, 0.1) is 4.43 Å². The summed E-state index contributed by atoms with van der Waals surface area (Å²) in [6.07, 6.45) is 1.06. The summed E-state index contributed by atoms with van der Waals surface area (Å²) in [5.41, 5.74) is 0. The number of Topliss-reactive ketones (excluding diaryl/α,β-unsaturated/α-hetero) is 1. The lowest BCUT2D eigenvalue weighted by Gasteiger charge is -2.04. The van der Waals surface area contributed by atoms with Crippen LogP contribution in [0.3, 0.4) is 0 Å². The van der Waals surface area contributed by atoms with Crippen LogP contribution in [0.4, 0.5) is 0 Å². The van der Waals surface area contributed by atoms with Gasteiger partial charge in [-0.2, -0.15) is 0 Å². The number of ketones is 1. The van der Waals surface area contributed by atoms with Crippen molar-refractivity contribution in [2.45, 2.75) is 6.42 Å². The molecule has 4 heteroatoms. The van der Waals surface area contributed by atoms with Crippen LogP contribution in [0.25, 0.3) is 0 Å². The van der Waals surface area contributed by atoms with Crippen LogP contribution in [0, 0.1) is 5.92 Å². The van der Waals surface area contributed by atoms with Crippen molar-refractivity contribution in [3.8, 4) is 0 Å². The van der Waals surface area contributed by atoms with E-state index in [-0.39, 0.29) is 0 Å². The van der Waals surface area contributed by atoms with E-state index >= 15 is 0 Å². The van der Waals surface area contributed by atoms with Gasteiger partial charge in [-0.25, -0.2) is 3.11 Å². The summed E-state index contributed by atoms with van der Waals surface area (Å²) < 4.78 is 2.86. The number of hydrogen-bond donors (Lipinski definition) is 0. The maximum absolute atomic E-state index is 11.1. The second-order valence-corrected chi connectivity index (χ2v) is 4.58. The van der Waals surface area contributed by atoms with Gasteiger partial charge in [0.15, 0.2) is 0 Å². The molecule has 0 radical (unpaired) electrons. The van der Waals surface area contributed by atoms with Crippen molar-refractivity contribution in [3.63, 3.8) is 0 Å². The Morgan fingerprint density at radius 1 is 1.70 bits per heavy atom. The molecule has 0 aromatic rings. The van der Waals surface area contributed by atoms with Gasteiger partial charge >= 0.3 is 0 Å². The van der Waals surface area contributed by atoms with Gasteiger partial charge in [0.2, 0.25) is 0 Å². The molecule has 0 N–H and O–H groups in total. The molecule has 0 aromatic heterocycles. The highest BCUT2D eigenvalue weighted by molar-refractivity contribution is 14.1. The van der Waals surface area contributed by atoms with Crippen molar-refractivity contribution in [2.24, 2.45) is 5.92 Å². The lowest BCUT2D eigenvalue weighted by atomic mass is 10.1. The largest absolute Gasteiger partial charge is 0.298 e. The third-order valence-corrected chi connectivity index (χ3v) is 3.35. The van der Waals surface area contributed by atoms with E-state index in [1.165, 1.54) is 0 Å². The third-order valence-electron chi connectivity index (χ3n) is 1.73. The van der Waals surface area contributed by atoms with Crippen LogP contribution < -0.4 is 0 Å². The van der Waals surface area contributed by atoms with Crippen LogP contribution in [0.1, 0.15) is 6.42 Å². The average Bonchev–Trinajstić information content (AvgIpc) is 2.34. The van der Waals surface area contributed by atoms with Gasteiger partial charge in [-0.3, -0.25) is 4.79 Å². The van der Waals surface area contributed by atoms with Gasteiger partial charge in [-0.15, -0.1) is 0 Å². The molecule has 0 aliphatic carbocycles. The normalized spacial score (nSPS) is 27.2. The SMILES string of the molecule is O=C(CI)[C@H]1CCN(I)C1. The zero-order chi connectivity index (χ0) is 7.56. The summed E-state index contributed by atoms with van der Waals surface area (Å²) in [5.74, 6) is 0.744. The highest BCUT2D eigenvalue weighted by Crippen LogP contribution is 2.20. The van der Waals surface area contributed by atoms with Crippen molar-refractivity contribution in [1.82, 2.24) is 3.11 Å². The molecule has 0 bridgehead atoms. The lowest BCUT2D eigenvalue weighted by molar-refractivity contribution is -0.119. The minimum absolute atomic E-state index is 0.328. The average molecular weight is 365 g/mol. The van der Waals surface area contributed by atoms with Gasteiger partial charge in [-0.05, 0) is 6.42 Å². The smallest absolute Gasteiger partial charge is 0.147 e. The van der Waals surface area contributed by atoms with E-state index in [0.29, 0.717) is 16.1 Å². The Labute approximate surface area is 88.4 Å². The van der Waals surface area contributed by atoms with Gasteiger partial charge < -0.3 is 0 Å². The Hall–Kier alpha value is 1.09. The second kappa shape index (κ2) is 4.20. The summed E-state index contributed by atoms with van der Waals surface area (Å²) in [6, 6.07) is 0. The number of carbonyl (C=O) groups excluding carboxylic acids is 1. The van der Waals surface area contributed by atoms with Crippen molar-refractivity contribution >= 4 is 51.2 Å². The number of carbonyl (C=O) groups is 1. The summed E-state index contributed by atoms with van der Waals surface area (Å²) in [6.45, 7) is 2.04. The molecule has 0 amide bonds. The maximum atomic E-state index is 11.1. The van der Waals surface area contributed by atoms with Gasteiger partial charge in [0, 0.05) is 41.9 Å². The molecule has 1 aliphatic rings. The van der Waals surface area contributed by atoms with Crippen molar-refractivity contribution in [1.29, 1.82) is 0 Å². The number of halogens is 2. The van der Waals surface area contributed by atoms with Crippen LogP contribution in [0.2, 0.25) is 0 Å². The summed E-state index contributed by atoms with van der Waals surface area (Å²) >= 11 is 4.42. The Kier molecular flexibility index (Phi) is 3.86. The molecular formula is C6H9I2NO. The van der Waals surface area contributed by atoms with Crippen LogP contribution in [0.5, 0.6) is 0 Å². The first-order valence-corrected chi connectivity index (χ1v) is 5.72. The fraction of sp³-hybridized carbons (Fsp3) is 0.833. The van der Waals surface area contributed by atoms with E-state index in [1.807, 2.05) is 0 Å². The van der Waals surface area contributed by atoms with Crippen LogP contribution in [-0.4, -0.2) is 26.4 Å². The summed E-state index contributed by atoms with van der Waals surface area (Å²) in [5, 5.41) is 0. The number of rotatable bonds is 2. The van der Waals surface area contributed by atoms with Crippen LogP contribution >= 0.6 is 45.5 Å². The van der Waals surface area contributed by atoms with E-state index in [0.717, 1.165) is 19.5 Å². The minimum atomic E-state index is 0.328. The molecule has 0 unspecified atom stereocenters. The predicted molar refractivity (Wildman–Crippen MR) is 57.6 cm³/mol. The molecule has 1 fully saturated rings. The van der Waals surface area contributed by atoms with E-state index in [9.17, 15) is 4.79 Å². The topological polar surface area (TPSA) is 20.3 Å². The predicted octanol–water partition coefficient (Wildman–Crippen LogP) is 1.66. The first-order chi connectivity index (χ1) is 4.74. The highest BCUT2D eigenvalue weighted by Gasteiger charge is 2.25. The lowest BCUT2D eigenvalue weighted by Crippen LogP contribution is -2.17. The molecule has 1 saturated heterocycles. The minimum Gasteiger partial charge on any atom is -0.298 e. The Balaban J connectivity index is 2.37. The van der Waals surface area contributed by atoms with E-state index < -0.39 is 0 Å². The van der Waals surface area contributed by atoms with E-state index in [4.69, 9.17) is 0 Å². The number of hydrogen-bond acceptors (Lipinski definition) is 2. The Bertz CT molecular complexity index is 140. The molecule has 0 spiro atoms. The first-order valence-electron chi connectivity index (χ1n) is 3.23. The zero-order valence-corrected chi connectivity index (χ0v) is 9.83. The molecule has 2 nitrogen and oxygen atoms in total. The van der Waals surface area contributed by atoms with Crippen LogP contribution in [0.15, 0.2) is 0 Å². The van der Waals surface area contributed by atoms with Crippen molar-refractivity contribution in [2.75, 3.05) is 17.5 Å². The molecule has 1 rings (SSSR count). The van der Waals surface area contributed by atoms with Gasteiger partial charge in [0.1, 0.15) is 5.78 Å². The summed E-state index contributed by atoms with van der Waals surface area (Å²) in [7, 11) is 0. The second-order valence-electron chi connectivity index (χ2n) is 2.45. The van der Waals surface area contributed by atoms with E-state index in [2.05, 4.69) is 48.6 Å². The maximum Gasteiger partial charge on any atom is 0.147 e. The molecule has 1 heterocycles. The van der Waals surface area contributed by atoms with Crippen molar-refractivity contribution < 1.29 is 4.79 Å². The third kappa shape index (κ3) is 2.30. The molecule has 10 heavy (non-hydrogen) atoms. The quantitative estimate of drug-likeness (QED) is 0.422. The number of nitrogens with zero attached hydrogens (tertiary/aromatic N) is 1. The first kappa shape index (κ1) is 9.18. The molecule has 1 atom stereocenters. The van der Waals surface area contributed by atoms with Crippen LogP contribution in [-0.2, 0) is 4.79 Å². The fourth-order valence-electron chi connectivity index (χ4n) is 1.09. The molecule has 58 valence electrons. The molecule has 0 saturated carbocycles. The fourth-order valence-corrected chi connectivity index (χ4v) is 2.47. The van der Waals surface area contributed by atoms with E-state index in [1.54, 1.807) is 0 Å².